The minimum atomic E-state index is -0.0474. The number of para-hydroxylation sites is 2. The molecule has 3 heterocycles. The molecule has 0 spiro atoms. The highest BCUT2D eigenvalue weighted by Crippen LogP contribution is 2.33. The number of likely N-dealkylation sites (N-methyl/N-ethyl adjacent to an activating group) is 1. The number of benzene rings is 1. The Kier molecular flexibility index (Phi) is 4.31. The molecule has 1 aliphatic carbocycles. The zero-order valence-corrected chi connectivity index (χ0v) is 15.8. The molecule has 1 atom stereocenters. The van der Waals surface area contributed by atoms with Crippen LogP contribution in [0.2, 0.25) is 0 Å². The largest absolute Gasteiger partial charge is 0.486 e. The summed E-state index contributed by atoms with van der Waals surface area (Å²) in [6.45, 7) is 1.23. The van der Waals surface area contributed by atoms with Gasteiger partial charge in [-0.1, -0.05) is 12.1 Å². The second-order valence-corrected chi connectivity index (χ2v) is 7.27. The topological polar surface area (TPSA) is 60.4 Å². The molecule has 2 aliphatic rings. The Hall–Kier alpha value is -3.15. The van der Waals surface area contributed by atoms with Gasteiger partial charge in [0.15, 0.2) is 23.4 Å². The van der Waals surface area contributed by atoms with E-state index in [4.69, 9.17) is 19.4 Å². The van der Waals surface area contributed by atoms with Crippen LogP contribution < -0.4 is 14.4 Å². The fourth-order valence-electron chi connectivity index (χ4n) is 3.90. The monoisotopic (exact) mass is 374 g/mol. The molecule has 0 amide bonds. The standard InChI is InChI=1S/C22H22N4O2/c1-26(13-16-14-27-19-9-2-3-10-20(19)28-16)22-17-7-4-8-18(17)24-21(25-22)15-6-5-11-23-12-15/h2-3,5-6,9-12,16H,4,7-8,13-14H2,1H3. The lowest BCUT2D eigenvalue weighted by Gasteiger charge is -2.30. The quantitative estimate of drug-likeness (QED) is 0.698. The number of rotatable bonds is 4. The van der Waals surface area contributed by atoms with Gasteiger partial charge in [0.05, 0.1) is 6.54 Å². The van der Waals surface area contributed by atoms with Crippen molar-refractivity contribution in [1.82, 2.24) is 15.0 Å². The third kappa shape index (κ3) is 3.15. The maximum absolute atomic E-state index is 6.14. The molecule has 6 nitrogen and oxygen atoms in total. The maximum atomic E-state index is 6.14. The first-order chi connectivity index (χ1) is 13.8. The van der Waals surface area contributed by atoms with Crippen molar-refractivity contribution in [1.29, 1.82) is 0 Å². The Morgan fingerprint density at radius 2 is 1.96 bits per heavy atom. The molecule has 142 valence electrons. The van der Waals surface area contributed by atoms with Gasteiger partial charge in [-0.3, -0.25) is 4.98 Å². The van der Waals surface area contributed by atoms with Gasteiger partial charge < -0.3 is 14.4 Å². The van der Waals surface area contributed by atoms with Crippen molar-refractivity contribution < 1.29 is 9.47 Å². The zero-order valence-electron chi connectivity index (χ0n) is 15.8. The number of anilines is 1. The lowest BCUT2D eigenvalue weighted by molar-refractivity contribution is 0.0959. The summed E-state index contributed by atoms with van der Waals surface area (Å²) in [5.41, 5.74) is 3.35. The molecular weight excluding hydrogens is 352 g/mol. The number of aryl methyl sites for hydroxylation is 1. The Bertz CT molecular complexity index is 993. The highest BCUT2D eigenvalue weighted by molar-refractivity contribution is 5.60. The van der Waals surface area contributed by atoms with E-state index in [1.807, 2.05) is 42.6 Å². The molecule has 0 fully saturated rings. The van der Waals surface area contributed by atoms with Crippen molar-refractivity contribution in [3.8, 4) is 22.9 Å². The molecule has 5 rings (SSSR count). The summed E-state index contributed by atoms with van der Waals surface area (Å²) >= 11 is 0. The van der Waals surface area contributed by atoms with Crippen LogP contribution in [-0.4, -0.2) is 41.3 Å². The summed E-state index contributed by atoms with van der Waals surface area (Å²) in [6, 6.07) is 11.7. The van der Waals surface area contributed by atoms with Crippen LogP contribution in [0.15, 0.2) is 48.8 Å². The van der Waals surface area contributed by atoms with Crippen molar-refractivity contribution >= 4 is 5.82 Å². The third-order valence-corrected chi connectivity index (χ3v) is 5.24. The summed E-state index contributed by atoms with van der Waals surface area (Å²) in [4.78, 5) is 16.1. The van der Waals surface area contributed by atoms with Crippen LogP contribution in [0, 0.1) is 0 Å². The second-order valence-electron chi connectivity index (χ2n) is 7.27. The predicted molar refractivity (Wildman–Crippen MR) is 107 cm³/mol. The normalized spacial score (nSPS) is 17.2. The maximum Gasteiger partial charge on any atom is 0.163 e. The molecule has 1 unspecified atom stereocenters. The van der Waals surface area contributed by atoms with Crippen molar-refractivity contribution in [3.05, 3.63) is 60.0 Å². The molecule has 0 N–H and O–H groups in total. The van der Waals surface area contributed by atoms with Gasteiger partial charge in [0.1, 0.15) is 12.4 Å². The molecule has 0 saturated heterocycles. The molecule has 2 aromatic heterocycles. The van der Waals surface area contributed by atoms with E-state index in [1.165, 1.54) is 5.56 Å². The van der Waals surface area contributed by atoms with Crippen molar-refractivity contribution in [2.75, 3.05) is 25.1 Å². The molecule has 0 saturated carbocycles. The van der Waals surface area contributed by atoms with Gasteiger partial charge in [-0.15, -0.1) is 0 Å². The summed E-state index contributed by atoms with van der Waals surface area (Å²) < 4.78 is 12.0. The van der Waals surface area contributed by atoms with Crippen LogP contribution in [0.5, 0.6) is 11.5 Å². The predicted octanol–water partition coefficient (Wildman–Crippen LogP) is 3.30. The highest BCUT2D eigenvalue weighted by atomic mass is 16.6. The highest BCUT2D eigenvalue weighted by Gasteiger charge is 2.26. The van der Waals surface area contributed by atoms with E-state index < -0.39 is 0 Å². The van der Waals surface area contributed by atoms with Gasteiger partial charge in [-0.05, 0) is 43.5 Å². The smallest absolute Gasteiger partial charge is 0.163 e. The van der Waals surface area contributed by atoms with E-state index in [-0.39, 0.29) is 6.10 Å². The lowest BCUT2D eigenvalue weighted by Crippen LogP contribution is -2.40. The van der Waals surface area contributed by atoms with Crippen LogP contribution in [0.1, 0.15) is 17.7 Å². The summed E-state index contributed by atoms with van der Waals surface area (Å²) in [6.07, 6.45) is 6.68. The van der Waals surface area contributed by atoms with Crippen molar-refractivity contribution in [2.45, 2.75) is 25.4 Å². The summed E-state index contributed by atoms with van der Waals surface area (Å²) in [7, 11) is 2.07. The number of fused-ring (bicyclic) bond motifs is 2. The Balaban J connectivity index is 1.42. The molecule has 0 radical (unpaired) electrons. The number of pyridine rings is 1. The fourth-order valence-corrected chi connectivity index (χ4v) is 3.90. The number of nitrogens with zero attached hydrogens (tertiary/aromatic N) is 4. The number of aromatic nitrogens is 3. The molecule has 0 bridgehead atoms. The van der Waals surface area contributed by atoms with Gasteiger partial charge in [0, 0.05) is 36.3 Å². The zero-order chi connectivity index (χ0) is 18.9. The third-order valence-electron chi connectivity index (χ3n) is 5.24. The number of hydrogen-bond acceptors (Lipinski definition) is 6. The van der Waals surface area contributed by atoms with Gasteiger partial charge in [0.25, 0.3) is 0 Å². The Morgan fingerprint density at radius 1 is 1.07 bits per heavy atom. The SMILES string of the molecule is CN(CC1COc2ccccc2O1)c1nc(-c2cccnc2)nc2c1CCC2. The van der Waals surface area contributed by atoms with E-state index >= 15 is 0 Å². The summed E-state index contributed by atoms with van der Waals surface area (Å²) in [5.74, 6) is 3.34. The van der Waals surface area contributed by atoms with Crippen molar-refractivity contribution in [2.24, 2.45) is 0 Å². The molecule has 6 heteroatoms. The van der Waals surface area contributed by atoms with E-state index in [9.17, 15) is 0 Å². The first-order valence-electron chi connectivity index (χ1n) is 9.68. The summed E-state index contributed by atoms with van der Waals surface area (Å²) in [5, 5.41) is 0. The van der Waals surface area contributed by atoms with Gasteiger partial charge in [-0.25, -0.2) is 9.97 Å². The second kappa shape index (κ2) is 7.11. The van der Waals surface area contributed by atoms with Crippen LogP contribution in [0.3, 0.4) is 0 Å². The fraction of sp³-hybridized carbons (Fsp3) is 0.318. The average Bonchev–Trinajstić information content (AvgIpc) is 3.22. The van der Waals surface area contributed by atoms with Crippen LogP contribution in [0.4, 0.5) is 5.82 Å². The minimum Gasteiger partial charge on any atom is -0.486 e. The van der Waals surface area contributed by atoms with E-state index in [0.29, 0.717) is 13.2 Å². The number of hydrogen-bond donors (Lipinski definition) is 0. The Labute approximate surface area is 164 Å². The molecular formula is C22H22N4O2. The first-order valence-corrected chi connectivity index (χ1v) is 9.68. The van der Waals surface area contributed by atoms with Crippen LogP contribution in [-0.2, 0) is 12.8 Å². The minimum absolute atomic E-state index is 0.0474. The van der Waals surface area contributed by atoms with Gasteiger partial charge in [0.2, 0.25) is 0 Å². The average molecular weight is 374 g/mol. The molecule has 3 aromatic rings. The van der Waals surface area contributed by atoms with Crippen LogP contribution >= 0.6 is 0 Å². The van der Waals surface area contributed by atoms with Crippen LogP contribution in [0.25, 0.3) is 11.4 Å². The van der Waals surface area contributed by atoms with Gasteiger partial charge in [-0.2, -0.15) is 0 Å². The number of ether oxygens (including phenoxy) is 2. The van der Waals surface area contributed by atoms with Gasteiger partial charge >= 0.3 is 0 Å². The van der Waals surface area contributed by atoms with E-state index in [0.717, 1.165) is 53.7 Å². The first kappa shape index (κ1) is 17.0. The van der Waals surface area contributed by atoms with E-state index in [1.54, 1.807) is 6.20 Å². The molecule has 1 aliphatic heterocycles. The lowest BCUT2D eigenvalue weighted by atomic mass is 10.2. The van der Waals surface area contributed by atoms with Crippen molar-refractivity contribution in [3.63, 3.8) is 0 Å². The molecule has 28 heavy (non-hydrogen) atoms. The molecule has 1 aromatic carbocycles. The Morgan fingerprint density at radius 3 is 2.82 bits per heavy atom. The van der Waals surface area contributed by atoms with E-state index in [2.05, 4.69) is 16.9 Å².